The molecule has 0 bridgehead atoms. The van der Waals surface area contributed by atoms with Gasteiger partial charge in [0.25, 0.3) is 0 Å². The fourth-order valence-corrected chi connectivity index (χ4v) is 2.10. The Morgan fingerprint density at radius 1 is 1.00 bits per heavy atom. The van der Waals surface area contributed by atoms with Gasteiger partial charge in [0.1, 0.15) is 11.5 Å². The normalized spacial score (nSPS) is 10.6. The van der Waals surface area contributed by atoms with E-state index in [0.717, 1.165) is 11.1 Å². The Labute approximate surface area is 115 Å². The monoisotopic (exact) mass is 272 g/mol. The molecule has 0 spiro atoms. The molecular formula is C15H10ClFN2. The van der Waals surface area contributed by atoms with Crippen LogP contribution in [0.4, 0.5) is 4.39 Å². The van der Waals surface area contributed by atoms with Crippen molar-refractivity contribution in [2.45, 2.75) is 0 Å². The molecule has 0 unspecified atom stereocenters. The maximum absolute atomic E-state index is 13.7. The van der Waals surface area contributed by atoms with Crippen LogP contribution in [0, 0.1) is 5.82 Å². The van der Waals surface area contributed by atoms with Crippen LogP contribution in [0.5, 0.6) is 0 Å². The van der Waals surface area contributed by atoms with Crippen LogP contribution in [0.25, 0.3) is 16.8 Å². The van der Waals surface area contributed by atoms with E-state index in [2.05, 4.69) is 5.10 Å². The van der Waals surface area contributed by atoms with Gasteiger partial charge in [0.2, 0.25) is 0 Å². The van der Waals surface area contributed by atoms with Gasteiger partial charge in [0.05, 0.1) is 6.20 Å². The second-order valence-corrected chi connectivity index (χ2v) is 4.57. The van der Waals surface area contributed by atoms with Crippen LogP contribution in [0.2, 0.25) is 5.02 Å². The molecular weight excluding hydrogens is 263 g/mol. The first kappa shape index (κ1) is 11.9. The van der Waals surface area contributed by atoms with Crippen molar-refractivity contribution in [3.63, 3.8) is 0 Å². The number of para-hydroxylation sites is 1. The van der Waals surface area contributed by atoms with Gasteiger partial charge in [0.15, 0.2) is 0 Å². The van der Waals surface area contributed by atoms with Gasteiger partial charge in [-0.15, -0.1) is 0 Å². The average molecular weight is 273 g/mol. The number of hydrogen-bond acceptors (Lipinski definition) is 1. The minimum Gasteiger partial charge on any atom is -0.237 e. The van der Waals surface area contributed by atoms with E-state index in [9.17, 15) is 4.39 Å². The van der Waals surface area contributed by atoms with Crippen molar-refractivity contribution in [1.29, 1.82) is 0 Å². The third-order valence-electron chi connectivity index (χ3n) is 2.84. The SMILES string of the molecule is Fc1ccccc1-n1cc(-c2cccc(Cl)c2)cn1. The fraction of sp³-hybridized carbons (Fsp3) is 0. The first-order valence-electron chi connectivity index (χ1n) is 5.79. The predicted octanol–water partition coefficient (Wildman–Crippen LogP) is 4.33. The van der Waals surface area contributed by atoms with Crippen molar-refractivity contribution < 1.29 is 4.39 Å². The second kappa shape index (κ2) is 4.86. The molecule has 0 radical (unpaired) electrons. The van der Waals surface area contributed by atoms with Gasteiger partial charge in [-0.2, -0.15) is 5.10 Å². The Morgan fingerprint density at radius 3 is 2.63 bits per heavy atom. The highest BCUT2D eigenvalue weighted by Gasteiger charge is 2.07. The number of hydrogen-bond donors (Lipinski definition) is 0. The summed E-state index contributed by atoms with van der Waals surface area (Å²) in [6.07, 6.45) is 3.47. The minimum atomic E-state index is -0.303. The van der Waals surface area contributed by atoms with Crippen LogP contribution in [0.3, 0.4) is 0 Å². The number of aromatic nitrogens is 2. The lowest BCUT2D eigenvalue weighted by atomic mass is 10.1. The highest BCUT2D eigenvalue weighted by molar-refractivity contribution is 6.30. The van der Waals surface area contributed by atoms with Crippen molar-refractivity contribution in [2.75, 3.05) is 0 Å². The van der Waals surface area contributed by atoms with Crippen LogP contribution >= 0.6 is 11.6 Å². The summed E-state index contributed by atoms with van der Waals surface area (Å²) in [5.41, 5.74) is 2.27. The largest absolute Gasteiger partial charge is 0.237 e. The molecule has 4 heteroatoms. The molecule has 0 atom stereocenters. The van der Waals surface area contributed by atoms with Crippen molar-refractivity contribution in [2.24, 2.45) is 0 Å². The summed E-state index contributed by atoms with van der Waals surface area (Å²) in [6, 6.07) is 14.0. The summed E-state index contributed by atoms with van der Waals surface area (Å²) in [4.78, 5) is 0. The topological polar surface area (TPSA) is 17.8 Å². The zero-order chi connectivity index (χ0) is 13.2. The summed E-state index contributed by atoms with van der Waals surface area (Å²) < 4.78 is 15.2. The van der Waals surface area contributed by atoms with Crippen LogP contribution in [0.15, 0.2) is 60.9 Å². The smallest absolute Gasteiger partial charge is 0.148 e. The van der Waals surface area contributed by atoms with Gasteiger partial charge in [-0.25, -0.2) is 9.07 Å². The van der Waals surface area contributed by atoms with Gasteiger partial charge < -0.3 is 0 Å². The van der Waals surface area contributed by atoms with Gasteiger partial charge in [-0.05, 0) is 29.8 Å². The molecule has 0 aliphatic carbocycles. The minimum absolute atomic E-state index is 0.303. The summed E-state index contributed by atoms with van der Waals surface area (Å²) in [5, 5.41) is 4.85. The zero-order valence-corrected chi connectivity index (χ0v) is 10.7. The molecule has 0 saturated carbocycles. The Morgan fingerprint density at radius 2 is 1.84 bits per heavy atom. The van der Waals surface area contributed by atoms with Crippen molar-refractivity contribution in [3.8, 4) is 16.8 Å². The number of rotatable bonds is 2. The van der Waals surface area contributed by atoms with E-state index in [1.54, 1.807) is 30.6 Å². The Kier molecular flexibility index (Phi) is 3.05. The van der Waals surface area contributed by atoms with E-state index in [1.165, 1.54) is 10.7 Å². The second-order valence-electron chi connectivity index (χ2n) is 4.14. The van der Waals surface area contributed by atoms with Gasteiger partial charge in [-0.3, -0.25) is 0 Å². The van der Waals surface area contributed by atoms with Crippen LogP contribution in [-0.4, -0.2) is 9.78 Å². The summed E-state index contributed by atoms with van der Waals surface area (Å²) in [6.45, 7) is 0. The molecule has 3 rings (SSSR count). The molecule has 2 nitrogen and oxygen atoms in total. The molecule has 2 aromatic carbocycles. The number of halogens is 2. The van der Waals surface area contributed by atoms with Crippen LogP contribution in [-0.2, 0) is 0 Å². The number of nitrogens with zero attached hydrogens (tertiary/aromatic N) is 2. The molecule has 0 amide bonds. The Bertz CT molecular complexity index is 721. The third kappa shape index (κ3) is 2.37. The molecule has 19 heavy (non-hydrogen) atoms. The zero-order valence-electron chi connectivity index (χ0n) is 9.92. The molecule has 1 aromatic heterocycles. The molecule has 94 valence electrons. The molecule has 1 heterocycles. The van der Waals surface area contributed by atoms with Gasteiger partial charge in [-0.1, -0.05) is 35.9 Å². The van der Waals surface area contributed by atoms with Crippen LogP contribution < -0.4 is 0 Å². The van der Waals surface area contributed by atoms with Crippen molar-refractivity contribution in [1.82, 2.24) is 9.78 Å². The molecule has 0 aliphatic rings. The van der Waals surface area contributed by atoms with E-state index < -0.39 is 0 Å². The Hall–Kier alpha value is -2.13. The first-order chi connectivity index (χ1) is 9.24. The highest BCUT2D eigenvalue weighted by Crippen LogP contribution is 2.23. The average Bonchev–Trinajstić information content (AvgIpc) is 2.89. The summed E-state index contributed by atoms with van der Waals surface area (Å²) >= 11 is 5.96. The maximum atomic E-state index is 13.7. The fourth-order valence-electron chi connectivity index (χ4n) is 1.91. The lowest BCUT2D eigenvalue weighted by molar-refractivity contribution is 0.611. The van der Waals surface area contributed by atoms with E-state index >= 15 is 0 Å². The van der Waals surface area contributed by atoms with Crippen LogP contribution in [0.1, 0.15) is 0 Å². The lowest BCUT2D eigenvalue weighted by Crippen LogP contribution is -1.96. The van der Waals surface area contributed by atoms with Crippen molar-refractivity contribution in [3.05, 3.63) is 71.8 Å². The molecule has 0 N–H and O–H groups in total. The summed E-state index contributed by atoms with van der Waals surface area (Å²) in [5.74, 6) is -0.303. The van der Waals surface area contributed by atoms with E-state index in [0.29, 0.717) is 10.7 Å². The highest BCUT2D eigenvalue weighted by atomic mass is 35.5. The molecule has 3 aromatic rings. The third-order valence-corrected chi connectivity index (χ3v) is 3.07. The predicted molar refractivity (Wildman–Crippen MR) is 74.0 cm³/mol. The van der Waals surface area contributed by atoms with Gasteiger partial charge in [0, 0.05) is 16.8 Å². The standard InChI is InChI=1S/C15H10ClFN2/c16-13-5-3-4-11(8-13)12-9-18-19(10-12)15-7-2-1-6-14(15)17/h1-10H. The quantitative estimate of drug-likeness (QED) is 0.679. The maximum Gasteiger partial charge on any atom is 0.148 e. The summed E-state index contributed by atoms with van der Waals surface area (Å²) in [7, 11) is 0. The number of benzene rings is 2. The Balaban J connectivity index is 2.03. The van der Waals surface area contributed by atoms with E-state index in [1.807, 2.05) is 24.3 Å². The lowest BCUT2D eigenvalue weighted by Gasteiger charge is -2.02. The van der Waals surface area contributed by atoms with E-state index in [-0.39, 0.29) is 5.82 Å². The van der Waals surface area contributed by atoms with E-state index in [4.69, 9.17) is 11.6 Å². The van der Waals surface area contributed by atoms with Crippen molar-refractivity contribution >= 4 is 11.6 Å². The van der Waals surface area contributed by atoms with Gasteiger partial charge >= 0.3 is 0 Å². The molecule has 0 fully saturated rings. The molecule has 0 aliphatic heterocycles. The first-order valence-corrected chi connectivity index (χ1v) is 6.17. The molecule has 0 saturated heterocycles.